The number of rotatable bonds is 4. The van der Waals surface area contributed by atoms with Gasteiger partial charge in [0.25, 0.3) is 0 Å². The number of carboxylic acids is 1. The second kappa shape index (κ2) is 7.84. The summed E-state index contributed by atoms with van der Waals surface area (Å²) in [6.45, 7) is 0. The Morgan fingerprint density at radius 2 is 1.76 bits per heavy atom. The summed E-state index contributed by atoms with van der Waals surface area (Å²) < 4.78 is 48.4. The van der Waals surface area contributed by atoms with Crippen molar-refractivity contribution >= 4 is 17.1 Å². The first-order chi connectivity index (χ1) is 16.2. The maximum atomic E-state index is 13.7. The number of carbonyl (C=O) groups is 1. The Morgan fingerprint density at radius 3 is 2.41 bits per heavy atom. The van der Waals surface area contributed by atoms with E-state index in [0.717, 1.165) is 17.2 Å². The van der Waals surface area contributed by atoms with Crippen LogP contribution < -0.4 is 0 Å². The highest BCUT2D eigenvalue weighted by molar-refractivity contribution is 5.95. The van der Waals surface area contributed by atoms with Gasteiger partial charge in [0.05, 0.1) is 5.56 Å². The van der Waals surface area contributed by atoms with E-state index in [2.05, 4.69) is 15.2 Å². The summed E-state index contributed by atoms with van der Waals surface area (Å²) in [6, 6.07) is 16.2. The summed E-state index contributed by atoms with van der Waals surface area (Å²) in [5.41, 5.74) is 0.0526. The fraction of sp³-hybridized carbons (Fsp3) is 0.0833. The van der Waals surface area contributed by atoms with Gasteiger partial charge < -0.3 is 14.1 Å². The van der Waals surface area contributed by atoms with Gasteiger partial charge in [0.15, 0.2) is 11.4 Å². The van der Waals surface area contributed by atoms with Crippen LogP contribution in [0, 0.1) is 0 Å². The van der Waals surface area contributed by atoms with E-state index in [0.29, 0.717) is 23.0 Å². The Bertz CT molecular complexity index is 1540. The van der Waals surface area contributed by atoms with Gasteiger partial charge in [-0.25, -0.2) is 9.78 Å². The lowest BCUT2D eigenvalue weighted by molar-refractivity contribution is -0.136. The van der Waals surface area contributed by atoms with Crippen molar-refractivity contribution in [3.05, 3.63) is 78.1 Å². The number of halogens is 3. The highest BCUT2D eigenvalue weighted by Gasteiger charge is 2.36. The number of aromatic carboxylic acids is 1. The molecule has 0 aliphatic rings. The first-order valence-electron chi connectivity index (χ1n) is 10.0. The number of aryl methyl sites for hydroxylation is 1. The lowest BCUT2D eigenvalue weighted by Gasteiger charge is -2.13. The second-order valence-electron chi connectivity index (χ2n) is 7.55. The number of nitrogens with zero attached hydrogens (tertiary/aromatic N) is 4. The summed E-state index contributed by atoms with van der Waals surface area (Å²) in [4.78, 5) is 15.7. The van der Waals surface area contributed by atoms with Crippen molar-refractivity contribution in [2.75, 3.05) is 0 Å². The Kier molecular flexibility index (Phi) is 4.93. The van der Waals surface area contributed by atoms with Crippen LogP contribution >= 0.6 is 0 Å². The molecule has 0 fully saturated rings. The van der Waals surface area contributed by atoms with Crippen molar-refractivity contribution in [2.24, 2.45) is 7.05 Å². The molecule has 1 N–H and O–H groups in total. The van der Waals surface area contributed by atoms with Crippen LogP contribution in [0.15, 0.2) is 71.4 Å². The molecule has 170 valence electrons. The minimum absolute atomic E-state index is 0.0983. The summed E-state index contributed by atoms with van der Waals surface area (Å²) in [5.74, 6) is -1.14. The van der Waals surface area contributed by atoms with Gasteiger partial charge in [0.2, 0.25) is 5.89 Å². The number of fused-ring (bicyclic) bond motifs is 1. The van der Waals surface area contributed by atoms with Crippen LogP contribution in [0.25, 0.3) is 45.1 Å². The summed E-state index contributed by atoms with van der Waals surface area (Å²) in [7, 11) is 1.74. The minimum atomic E-state index is -4.83. The number of oxazole rings is 1. The van der Waals surface area contributed by atoms with Crippen molar-refractivity contribution in [2.45, 2.75) is 6.18 Å². The average Bonchev–Trinajstić information content (AvgIpc) is 3.43. The van der Waals surface area contributed by atoms with E-state index in [-0.39, 0.29) is 11.4 Å². The molecule has 0 saturated heterocycles. The molecular formula is C24H15F3N4O3. The number of aromatic nitrogens is 4. The number of benzene rings is 3. The minimum Gasteiger partial charge on any atom is -0.478 e. The van der Waals surface area contributed by atoms with Gasteiger partial charge in [-0.2, -0.15) is 13.2 Å². The van der Waals surface area contributed by atoms with Gasteiger partial charge in [-0.05, 0) is 29.3 Å². The zero-order chi connectivity index (χ0) is 24.0. The first-order valence-corrected chi connectivity index (χ1v) is 10.0. The molecule has 5 aromatic rings. The van der Waals surface area contributed by atoms with E-state index in [1.807, 2.05) is 36.4 Å². The zero-order valence-corrected chi connectivity index (χ0v) is 17.5. The largest absolute Gasteiger partial charge is 0.478 e. The number of carboxylic acid groups (broad SMARTS) is 1. The van der Waals surface area contributed by atoms with E-state index in [4.69, 9.17) is 4.42 Å². The van der Waals surface area contributed by atoms with E-state index in [9.17, 15) is 23.1 Å². The third-order valence-corrected chi connectivity index (χ3v) is 5.36. The molecule has 0 spiro atoms. The van der Waals surface area contributed by atoms with Crippen LogP contribution in [-0.4, -0.2) is 30.8 Å². The normalized spacial score (nSPS) is 11.8. The Morgan fingerprint density at radius 1 is 1.03 bits per heavy atom. The SMILES string of the molecule is Cn1cnnc1-c1c(-c2ccccc2)cccc1-c1nc2cc(C(=O)O)cc(C(F)(F)F)c2o1. The lowest BCUT2D eigenvalue weighted by atomic mass is 9.94. The molecule has 10 heteroatoms. The molecule has 2 aromatic heterocycles. The van der Waals surface area contributed by atoms with Crippen LogP contribution in [0.3, 0.4) is 0 Å². The predicted octanol–water partition coefficient (Wildman–Crippen LogP) is 5.67. The molecule has 0 atom stereocenters. The van der Waals surface area contributed by atoms with E-state index in [1.54, 1.807) is 23.7 Å². The van der Waals surface area contributed by atoms with Gasteiger partial charge in [0.1, 0.15) is 17.4 Å². The molecule has 0 aliphatic heterocycles. The molecule has 2 heterocycles. The molecule has 0 bridgehead atoms. The molecule has 0 amide bonds. The molecule has 0 unspecified atom stereocenters. The standard InChI is InChI=1S/C24H15F3N4O3/c1-31-12-28-30-21(31)19-15(13-6-3-2-4-7-13)8-5-9-16(19)22-29-18-11-14(23(32)33)10-17(20(18)34-22)24(25,26)27/h2-12H,1H3,(H,32,33). The van der Waals surface area contributed by atoms with Crippen molar-refractivity contribution in [3.8, 4) is 34.0 Å². The van der Waals surface area contributed by atoms with Crippen LogP contribution in [-0.2, 0) is 13.2 Å². The quantitative estimate of drug-likeness (QED) is 0.368. The van der Waals surface area contributed by atoms with Gasteiger partial charge >= 0.3 is 12.1 Å². The molecule has 0 saturated carbocycles. The highest BCUT2D eigenvalue weighted by atomic mass is 19.4. The van der Waals surface area contributed by atoms with Crippen LogP contribution in [0.1, 0.15) is 15.9 Å². The zero-order valence-electron chi connectivity index (χ0n) is 17.5. The fourth-order valence-corrected chi connectivity index (χ4v) is 3.82. The summed E-state index contributed by atoms with van der Waals surface area (Å²) in [5, 5.41) is 17.4. The van der Waals surface area contributed by atoms with E-state index < -0.39 is 28.9 Å². The lowest BCUT2D eigenvalue weighted by Crippen LogP contribution is -2.08. The third kappa shape index (κ3) is 3.58. The maximum Gasteiger partial charge on any atom is 0.420 e. The Hall–Kier alpha value is -4.47. The van der Waals surface area contributed by atoms with Gasteiger partial charge in [-0.3, -0.25) is 0 Å². The molecule has 34 heavy (non-hydrogen) atoms. The predicted molar refractivity (Wildman–Crippen MR) is 117 cm³/mol. The Balaban J connectivity index is 1.82. The van der Waals surface area contributed by atoms with E-state index >= 15 is 0 Å². The molecule has 0 radical (unpaired) electrons. The van der Waals surface area contributed by atoms with Crippen molar-refractivity contribution in [1.82, 2.24) is 19.7 Å². The Labute approximate surface area is 190 Å². The second-order valence-corrected chi connectivity index (χ2v) is 7.55. The van der Waals surface area contributed by atoms with Crippen molar-refractivity contribution in [3.63, 3.8) is 0 Å². The highest BCUT2D eigenvalue weighted by Crippen LogP contribution is 2.42. The van der Waals surface area contributed by atoms with Gasteiger partial charge in [-0.1, -0.05) is 42.5 Å². The van der Waals surface area contributed by atoms with Crippen molar-refractivity contribution < 1.29 is 27.5 Å². The van der Waals surface area contributed by atoms with Crippen LogP contribution in [0.4, 0.5) is 13.2 Å². The average molecular weight is 464 g/mol. The van der Waals surface area contributed by atoms with E-state index in [1.165, 1.54) is 6.33 Å². The topological polar surface area (TPSA) is 94.0 Å². The fourth-order valence-electron chi connectivity index (χ4n) is 3.82. The van der Waals surface area contributed by atoms with Crippen molar-refractivity contribution in [1.29, 1.82) is 0 Å². The third-order valence-electron chi connectivity index (χ3n) is 5.36. The number of alkyl halides is 3. The van der Waals surface area contributed by atoms with Gasteiger partial charge in [-0.15, -0.1) is 10.2 Å². The molecule has 5 rings (SSSR count). The van der Waals surface area contributed by atoms with Crippen LogP contribution in [0.2, 0.25) is 0 Å². The number of hydrogen-bond donors (Lipinski definition) is 1. The molecular weight excluding hydrogens is 449 g/mol. The smallest absolute Gasteiger partial charge is 0.420 e. The monoisotopic (exact) mass is 464 g/mol. The summed E-state index contributed by atoms with van der Waals surface area (Å²) in [6.07, 6.45) is -3.33. The summed E-state index contributed by atoms with van der Waals surface area (Å²) >= 11 is 0. The molecule has 7 nitrogen and oxygen atoms in total. The maximum absolute atomic E-state index is 13.7. The van der Waals surface area contributed by atoms with Gasteiger partial charge in [0, 0.05) is 18.2 Å². The molecule has 3 aromatic carbocycles. The van der Waals surface area contributed by atoms with Crippen LogP contribution in [0.5, 0.6) is 0 Å². The molecule has 0 aliphatic carbocycles. The number of hydrogen-bond acceptors (Lipinski definition) is 5. The first kappa shape index (κ1) is 21.4.